The standard InChI is InChI=1S/C28H29Cl2N3O3/c1-35-26-12-10-20(16-22(26)19-33-14-4-7-21-6-2-3-8-25(21)33)18-31-32-28(34)9-5-15-36-27-13-11-23(29)17-24(27)30/h2-3,6,8,10-13,16-18H,4-5,7,9,14-15,19H2,1H3,(H,32,34)/b31-18-. The van der Waals surface area contributed by atoms with E-state index in [1.807, 2.05) is 12.1 Å². The third-order valence-electron chi connectivity index (χ3n) is 5.97. The first-order valence-electron chi connectivity index (χ1n) is 11.9. The molecule has 1 heterocycles. The van der Waals surface area contributed by atoms with Crippen LogP contribution in [0.3, 0.4) is 0 Å². The fourth-order valence-corrected chi connectivity index (χ4v) is 4.69. The lowest BCUT2D eigenvalue weighted by Gasteiger charge is -2.31. The number of halogens is 2. The molecule has 36 heavy (non-hydrogen) atoms. The molecule has 6 nitrogen and oxygen atoms in total. The number of benzene rings is 3. The number of hydrazone groups is 1. The third kappa shape index (κ3) is 6.93. The first kappa shape index (κ1) is 25.9. The molecule has 3 aromatic carbocycles. The third-order valence-corrected chi connectivity index (χ3v) is 6.51. The average Bonchev–Trinajstić information content (AvgIpc) is 2.88. The Bertz CT molecular complexity index is 1230. The molecular weight excluding hydrogens is 497 g/mol. The molecule has 1 aliphatic heterocycles. The fourth-order valence-electron chi connectivity index (χ4n) is 4.23. The van der Waals surface area contributed by atoms with Crippen molar-refractivity contribution >= 4 is 41.0 Å². The summed E-state index contributed by atoms with van der Waals surface area (Å²) in [4.78, 5) is 14.5. The molecule has 1 amide bonds. The summed E-state index contributed by atoms with van der Waals surface area (Å²) in [6, 6.07) is 19.5. The second kappa shape index (κ2) is 12.7. The maximum absolute atomic E-state index is 12.2. The van der Waals surface area contributed by atoms with E-state index in [-0.39, 0.29) is 12.3 Å². The summed E-state index contributed by atoms with van der Waals surface area (Å²) in [7, 11) is 1.68. The molecule has 0 atom stereocenters. The highest BCUT2D eigenvalue weighted by Crippen LogP contribution is 2.30. The van der Waals surface area contributed by atoms with Gasteiger partial charge in [-0.25, -0.2) is 5.43 Å². The molecule has 0 radical (unpaired) electrons. The Kier molecular flexibility index (Phi) is 9.09. The van der Waals surface area contributed by atoms with Crippen LogP contribution in [0, 0.1) is 0 Å². The number of carbonyl (C=O) groups excluding carboxylic acids is 1. The molecule has 188 valence electrons. The summed E-state index contributed by atoms with van der Waals surface area (Å²) in [5.74, 6) is 1.19. The van der Waals surface area contributed by atoms with Gasteiger partial charge >= 0.3 is 0 Å². The van der Waals surface area contributed by atoms with E-state index in [0.29, 0.717) is 28.8 Å². The highest BCUT2D eigenvalue weighted by atomic mass is 35.5. The van der Waals surface area contributed by atoms with E-state index in [4.69, 9.17) is 32.7 Å². The van der Waals surface area contributed by atoms with Gasteiger partial charge in [-0.15, -0.1) is 0 Å². The normalized spacial score (nSPS) is 12.9. The van der Waals surface area contributed by atoms with Crippen LogP contribution < -0.4 is 19.8 Å². The van der Waals surface area contributed by atoms with Crippen LogP contribution in [-0.4, -0.2) is 32.4 Å². The predicted octanol–water partition coefficient (Wildman–Crippen LogP) is 6.26. The summed E-state index contributed by atoms with van der Waals surface area (Å²) in [5, 5.41) is 5.12. The Morgan fingerprint density at radius 2 is 1.94 bits per heavy atom. The largest absolute Gasteiger partial charge is 0.496 e. The monoisotopic (exact) mass is 525 g/mol. The minimum absolute atomic E-state index is 0.185. The van der Waals surface area contributed by atoms with E-state index in [1.54, 1.807) is 31.5 Å². The fraction of sp³-hybridized carbons (Fsp3) is 0.286. The first-order chi connectivity index (χ1) is 17.5. The molecule has 0 aliphatic carbocycles. The maximum Gasteiger partial charge on any atom is 0.240 e. The summed E-state index contributed by atoms with van der Waals surface area (Å²) >= 11 is 12.0. The topological polar surface area (TPSA) is 63.2 Å². The SMILES string of the molecule is COc1ccc(/C=N\NC(=O)CCCOc2ccc(Cl)cc2Cl)cc1CN1CCCc2ccccc21. The Labute approximate surface area is 221 Å². The number of para-hydroxylation sites is 1. The van der Waals surface area contributed by atoms with Gasteiger partial charge < -0.3 is 14.4 Å². The maximum atomic E-state index is 12.2. The zero-order chi connectivity index (χ0) is 25.3. The molecule has 0 spiro atoms. The summed E-state index contributed by atoms with van der Waals surface area (Å²) in [6.07, 6.45) is 4.70. The quantitative estimate of drug-likeness (QED) is 0.192. The summed E-state index contributed by atoms with van der Waals surface area (Å²) < 4.78 is 11.2. The van der Waals surface area contributed by atoms with Crippen molar-refractivity contribution in [3.63, 3.8) is 0 Å². The highest BCUT2D eigenvalue weighted by Gasteiger charge is 2.18. The number of hydrogen-bond donors (Lipinski definition) is 1. The Balaban J connectivity index is 1.29. The molecule has 0 saturated heterocycles. The molecule has 1 aliphatic rings. The summed E-state index contributed by atoms with van der Waals surface area (Å²) in [6.45, 7) is 2.11. The van der Waals surface area contributed by atoms with Gasteiger partial charge in [0.2, 0.25) is 5.91 Å². The Morgan fingerprint density at radius 1 is 1.11 bits per heavy atom. The molecule has 0 aromatic heterocycles. The van der Waals surface area contributed by atoms with Gasteiger partial charge in [-0.2, -0.15) is 5.10 Å². The van der Waals surface area contributed by atoms with Crippen molar-refractivity contribution < 1.29 is 14.3 Å². The van der Waals surface area contributed by atoms with E-state index < -0.39 is 0 Å². The molecule has 0 unspecified atom stereocenters. The Hall–Kier alpha value is -3.22. The van der Waals surface area contributed by atoms with Gasteiger partial charge in [-0.05, 0) is 72.9 Å². The lowest BCUT2D eigenvalue weighted by atomic mass is 10.0. The van der Waals surface area contributed by atoms with E-state index >= 15 is 0 Å². The van der Waals surface area contributed by atoms with Crippen LogP contribution in [0.5, 0.6) is 11.5 Å². The number of fused-ring (bicyclic) bond motifs is 1. The average molecular weight is 526 g/mol. The minimum Gasteiger partial charge on any atom is -0.496 e. The van der Waals surface area contributed by atoms with Crippen LogP contribution >= 0.6 is 23.2 Å². The van der Waals surface area contributed by atoms with Gasteiger partial charge in [0, 0.05) is 35.8 Å². The predicted molar refractivity (Wildman–Crippen MR) is 146 cm³/mol. The number of rotatable bonds is 10. The smallest absolute Gasteiger partial charge is 0.240 e. The van der Waals surface area contributed by atoms with Crippen molar-refractivity contribution in [3.05, 3.63) is 87.4 Å². The van der Waals surface area contributed by atoms with Gasteiger partial charge in [-0.1, -0.05) is 41.4 Å². The van der Waals surface area contributed by atoms with Crippen molar-refractivity contribution in [2.24, 2.45) is 5.10 Å². The molecule has 0 bridgehead atoms. The Morgan fingerprint density at radius 3 is 2.78 bits per heavy atom. The minimum atomic E-state index is -0.185. The van der Waals surface area contributed by atoms with Crippen LogP contribution in [0.4, 0.5) is 5.69 Å². The first-order valence-corrected chi connectivity index (χ1v) is 12.7. The number of ether oxygens (including phenoxy) is 2. The number of nitrogens with one attached hydrogen (secondary N) is 1. The molecule has 0 saturated carbocycles. The van der Waals surface area contributed by atoms with Crippen LogP contribution in [-0.2, 0) is 17.8 Å². The van der Waals surface area contributed by atoms with Crippen molar-refractivity contribution in [3.8, 4) is 11.5 Å². The number of methoxy groups -OCH3 is 1. The van der Waals surface area contributed by atoms with Crippen molar-refractivity contribution in [1.82, 2.24) is 5.43 Å². The van der Waals surface area contributed by atoms with Gasteiger partial charge in [0.05, 0.1) is 25.0 Å². The van der Waals surface area contributed by atoms with Crippen molar-refractivity contribution in [2.75, 3.05) is 25.2 Å². The van der Waals surface area contributed by atoms with Crippen molar-refractivity contribution in [2.45, 2.75) is 32.2 Å². The van der Waals surface area contributed by atoms with E-state index in [1.165, 1.54) is 11.3 Å². The van der Waals surface area contributed by atoms with Gasteiger partial charge in [-0.3, -0.25) is 4.79 Å². The van der Waals surface area contributed by atoms with E-state index in [9.17, 15) is 4.79 Å². The van der Waals surface area contributed by atoms with E-state index in [0.717, 1.165) is 42.8 Å². The van der Waals surface area contributed by atoms with Crippen LogP contribution in [0.15, 0.2) is 65.8 Å². The lowest BCUT2D eigenvalue weighted by Crippen LogP contribution is -2.29. The van der Waals surface area contributed by atoms with Gasteiger partial charge in [0.25, 0.3) is 0 Å². The number of amides is 1. The zero-order valence-corrected chi connectivity index (χ0v) is 21.7. The molecule has 3 aromatic rings. The van der Waals surface area contributed by atoms with Crippen LogP contribution in [0.25, 0.3) is 0 Å². The molecule has 4 rings (SSSR count). The molecule has 1 N–H and O–H groups in total. The number of anilines is 1. The van der Waals surface area contributed by atoms with E-state index in [2.05, 4.69) is 45.8 Å². The molecular formula is C28H29Cl2N3O3. The zero-order valence-electron chi connectivity index (χ0n) is 20.2. The highest BCUT2D eigenvalue weighted by molar-refractivity contribution is 6.35. The van der Waals surface area contributed by atoms with Crippen LogP contribution in [0.1, 0.15) is 36.0 Å². The van der Waals surface area contributed by atoms with Crippen molar-refractivity contribution in [1.29, 1.82) is 0 Å². The summed E-state index contributed by atoms with van der Waals surface area (Å²) in [5.41, 5.74) is 7.20. The van der Waals surface area contributed by atoms with Crippen LogP contribution in [0.2, 0.25) is 10.0 Å². The second-order valence-electron chi connectivity index (χ2n) is 8.55. The number of hydrogen-bond acceptors (Lipinski definition) is 5. The second-order valence-corrected chi connectivity index (χ2v) is 9.39. The number of aryl methyl sites for hydroxylation is 1. The van der Waals surface area contributed by atoms with Gasteiger partial charge in [0.15, 0.2) is 0 Å². The molecule has 0 fully saturated rings. The molecule has 8 heteroatoms. The van der Waals surface area contributed by atoms with Gasteiger partial charge in [0.1, 0.15) is 11.5 Å². The lowest BCUT2D eigenvalue weighted by molar-refractivity contribution is -0.121. The number of nitrogens with zero attached hydrogens (tertiary/aromatic N) is 2. The number of carbonyl (C=O) groups is 1.